The lowest BCUT2D eigenvalue weighted by Crippen LogP contribution is -2.10. The lowest BCUT2D eigenvalue weighted by Gasteiger charge is -2.12. The van der Waals surface area contributed by atoms with Gasteiger partial charge in [-0.1, -0.05) is 71.1 Å². The molecule has 0 radical (unpaired) electrons. The molecule has 0 saturated carbocycles. The smallest absolute Gasteiger partial charge is 0.323 e. The number of nitrogens with zero attached hydrogens (tertiary/aromatic N) is 2. The van der Waals surface area contributed by atoms with Crippen molar-refractivity contribution in [2.75, 3.05) is 12.4 Å². The van der Waals surface area contributed by atoms with Crippen LogP contribution >= 0.6 is 34.7 Å². The molecule has 128 valence electrons. The van der Waals surface area contributed by atoms with Gasteiger partial charge < -0.3 is 10.1 Å². The highest BCUT2D eigenvalue weighted by Crippen LogP contribution is 2.39. The Kier molecular flexibility index (Phi) is 5.91. The molecular formula is C17H14ClN3O2S2. The van der Waals surface area contributed by atoms with Crippen LogP contribution in [0.15, 0.2) is 58.9 Å². The van der Waals surface area contributed by atoms with E-state index in [4.69, 9.17) is 16.3 Å². The molecule has 0 saturated heterocycles. The topological polar surface area (TPSA) is 64.1 Å². The SMILES string of the molecule is COC(=O)C(Sc1nnc(Nc2cccc(Cl)c2)s1)c1ccccc1. The fourth-order valence-electron chi connectivity index (χ4n) is 2.09. The molecule has 3 aromatic rings. The van der Waals surface area contributed by atoms with Crippen LogP contribution in [0.4, 0.5) is 10.8 Å². The van der Waals surface area contributed by atoms with E-state index in [0.29, 0.717) is 14.5 Å². The third-order valence-electron chi connectivity index (χ3n) is 3.22. The summed E-state index contributed by atoms with van der Waals surface area (Å²) in [5.74, 6) is -0.323. The second-order valence-corrected chi connectivity index (χ2v) is 7.71. The third kappa shape index (κ3) is 4.72. The van der Waals surface area contributed by atoms with Crippen LogP contribution in [0.25, 0.3) is 0 Å². The van der Waals surface area contributed by atoms with Crippen LogP contribution in [0.3, 0.4) is 0 Å². The number of carbonyl (C=O) groups is 1. The maximum Gasteiger partial charge on any atom is 0.323 e. The number of thioether (sulfide) groups is 1. The fourth-order valence-corrected chi connectivity index (χ4v) is 4.27. The minimum Gasteiger partial charge on any atom is -0.468 e. The number of rotatable bonds is 6. The fraction of sp³-hybridized carbons (Fsp3) is 0.118. The summed E-state index contributed by atoms with van der Waals surface area (Å²) in [7, 11) is 1.38. The van der Waals surface area contributed by atoms with Gasteiger partial charge in [0.25, 0.3) is 0 Å². The molecule has 1 atom stereocenters. The van der Waals surface area contributed by atoms with Gasteiger partial charge in [-0.3, -0.25) is 4.79 Å². The van der Waals surface area contributed by atoms with Crippen molar-refractivity contribution in [3.05, 3.63) is 65.2 Å². The Hall–Kier alpha value is -2.09. The van der Waals surface area contributed by atoms with Gasteiger partial charge in [0.05, 0.1) is 7.11 Å². The Morgan fingerprint density at radius 1 is 1.20 bits per heavy atom. The van der Waals surface area contributed by atoms with E-state index in [9.17, 15) is 4.79 Å². The average molecular weight is 392 g/mol. The second-order valence-electron chi connectivity index (χ2n) is 4.94. The number of esters is 1. The molecule has 0 aliphatic rings. The highest BCUT2D eigenvalue weighted by Gasteiger charge is 2.24. The zero-order valence-electron chi connectivity index (χ0n) is 13.2. The minimum atomic E-state index is -0.488. The van der Waals surface area contributed by atoms with Crippen LogP contribution in [0.2, 0.25) is 5.02 Å². The van der Waals surface area contributed by atoms with Crippen LogP contribution in [0.5, 0.6) is 0 Å². The zero-order valence-corrected chi connectivity index (χ0v) is 15.6. The molecule has 2 aromatic carbocycles. The van der Waals surface area contributed by atoms with Crippen LogP contribution in [-0.4, -0.2) is 23.3 Å². The molecule has 0 amide bonds. The van der Waals surface area contributed by atoms with Gasteiger partial charge in [0.1, 0.15) is 5.25 Å². The van der Waals surface area contributed by atoms with Crippen molar-refractivity contribution in [1.82, 2.24) is 10.2 Å². The van der Waals surface area contributed by atoms with Crippen LogP contribution in [0.1, 0.15) is 10.8 Å². The van der Waals surface area contributed by atoms with Crippen molar-refractivity contribution in [3.63, 3.8) is 0 Å². The van der Waals surface area contributed by atoms with Crippen molar-refractivity contribution < 1.29 is 9.53 Å². The lowest BCUT2D eigenvalue weighted by atomic mass is 10.1. The minimum absolute atomic E-state index is 0.323. The Balaban J connectivity index is 1.75. The first-order chi connectivity index (χ1) is 12.2. The van der Waals surface area contributed by atoms with E-state index in [1.807, 2.05) is 42.5 Å². The quantitative estimate of drug-likeness (QED) is 0.474. The van der Waals surface area contributed by atoms with E-state index in [1.54, 1.807) is 12.1 Å². The number of carbonyl (C=O) groups excluding carboxylic acids is 1. The summed E-state index contributed by atoms with van der Waals surface area (Å²) < 4.78 is 5.59. The number of hydrogen-bond donors (Lipinski definition) is 1. The molecule has 0 fully saturated rings. The van der Waals surface area contributed by atoms with E-state index in [2.05, 4.69) is 15.5 Å². The maximum absolute atomic E-state index is 12.1. The van der Waals surface area contributed by atoms with Crippen molar-refractivity contribution in [2.45, 2.75) is 9.59 Å². The molecule has 1 heterocycles. The molecule has 1 N–H and O–H groups in total. The van der Waals surface area contributed by atoms with Crippen LogP contribution < -0.4 is 5.32 Å². The van der Waals surface area contributed by atoms with Gasteiger partial charge in [-0.15, -0.1) is 10.2 Å². The summed E-state index contributed by atoms with van der Waals surface area (Å²) in [6.45, 7) is 0. The van der Waals surface area contributed by atoms with Gasteiger partial charge in [-0.05, 0) is 23.8 Å². The second kappa shape index (κ2) is 8.33. The molecule has 25 heavy (non-hydrogen) atoms. The summed E-state index contributed by atoms with van der Waals surface area (Å²) in [6.07, 6.45) is 0. The van der Waals surface area contributed by atoms with Crippen molar-refractivity contribution in [1.29, 1.82) is 0 Å². The Morgan fingerprint density at radius 3 is 2.72 bits per heavy atom. The van der Waals surface area contributed by atoms with E-state index < -0.39 is 5.25 Å². The number of anilines is 2. The largest absolute Gasteiger partial charge is 0.468 e. The molecule has 0 aliphatic heterocycles. The Morgan fingerprint density at radius 2 is 2.00 bits per heavy atom. The van der Waals surface area contributed by atoms with Crippen molar-refractivity contribution in [3.8, 4) is 0 Å². The molecular weight excluding hydrogens is 378 g/mol. The molecule has 5 nitrogen and oxygen atoms in total. The van der Waals surface area contributed by atoms with Gasteiger partial charge >= 0.3 is 5.97 Å². The third-order valence-corrected chi connectivity index (χ3v) is 5.61. The van der Waals surface area contributed by atoms with Crippen LogP contribution in [-0.2, 0) is 9.53 Å². The predicted molar refractivity (Wildman–Crippen MR) is 102 cm³/mol. The normalized spacial score (nSPS) is 11.8. The monoisotopic (exact) mass is 391 g/mol. The maximum atomic E-state index is 12.1. The van der Waals surface area contributed by atoms with E-state index in [0.717, 1.165) is 11.3 Å². The number of aromatic nitrogens is 2. The summed E-state index contributed by atoms with van der Waals surface area (Å²) in [4.78, 5) is 12.1. The van der Waals surface area contributed by atoms with Crippen molar-refractivity contribution >= 4 is 51.5 Å². The van der Waals surface area contributed by atoms with E-state index >= 15 is 0 Å². The molecule has 8 heteroatoms. The van der Waals surface area contributed by atoms with E-state index in [-0.39, 0.29) is 5.97 Å². The molecule has 0 spiro atoms. The lowest BCUT2D eigenvalue weighted by molar-refractivity contribution is -0.140. The van der Waals surface area contributed by atoms with Gasteiger partial charge in [0.2, 0.25) is 5.13 Å². The molecule has 1 unspecified atom stereocenters. The first kappa shape index (κ1) is 17.7. The number of benzene rings is 2. The molecule has 0 aliphatic carbocycles. The Labute approximate surface area is 158 Å². The van der Waals surface area contributed by atoms with Crippen LogP contribution in [0, 0.1) is 0 Å². The number of hydrogen-bond acceptors (Lipinski definition) is 7. The summed E-state index contributed by atoms with van der Waals surface area (Å²) in [5, 5.41) is 12.2. The van der Waals surface area contributed by atoms with Gasteiger partial charge in [-0.2, -0.15) is 0 Å². The summed E-state index contributed by atoms with van der Waals surface area (Å²) in [5.41, 5.74) is 1.69. The summed E-state index contributed by atoms with van der Waals surface area (Å²) >= 11 is 8.65. The molecule has 3 rings (SSSR count). The Bertz CT molecular complexity index is 858. The first-order valence-corrected chi connectivity index (χ1v) is 9.38. The number of halogens is 1. The standard InChI is InChI=1S/C17H14ClN3O2S2/c1-23-15(22)14(11-6-3-2-4-7-11)24-17-21-20-16(25-17)19-13-9-5-8-12(18)10-13/h2-10,14H,1H3,(H,19,20). The molecule has 1 aromatic heterocycles. The predicted octanol–water partition coefficient (Wildman–Crippen LogP) is 4.94. The highest BCUT2D eigenvalue weighted by molar-refractivity contribution is 8.01. The van der Waals surface area contributed by atoms with Gasteiger partial charge in [-0.25, -0.2) is 0 Å². The number of methoxy groups -OCH3 is 1. The van der Waals surface area contributed by atoms with Crippen molar-refractivity contribution in [2.24, 2.45) is 0 Å². The highest BCUT2D eigenvalue weighted by atomic mass is 35.5. The first-order valence-electron chi connectivity index (χ1n) is 7.31. The van der Waals surface area contributed by atoms with Gasteiger partial charge in [0.15, 0.2) is 4.34 Å². The number of ether oxygens (including phenoxy) is 1. The molecule has 0 bridgehead atoms. The average Bonchev–Trinajstić information content (AvgIpc) is 3.07. The van der Waals surface area contributed by atoms with Gasteiger partial charge in [0, 0.05) is 10.7 Å². The zero-order chi connectivity index (χ0) is 17.6. The summed E-state index contributed by atoms with van der Waals surface area (Å²) in [6, 6.07) is 16.8. The van der Waals surface area contributed by atoms with E-state index in [1.165, 1.54) is 30.2 Å². The number of nitrogens with one attached hydrogen (secondary N) is 1.